The van der Waals surface area contributed by atoms with Crippen LogP contribution in [0.2, 0.25) is 0 Å². The molecule has 0 saturated carbocycles. The molecule has 5 nitrogen and oxygen atoms in total. The van der Waals surface area contributed by atoms with Crippen LogP contribution in [0.1, 0.15) is 6.92 Å². The molecule has 0 bridgehead atoms. The lowest BCUT2D eigenvalue weighted by molar-refractivity contribution is 0.581. The quantitative estimate of drug-likeness (QED) is 0.853. The van der Waals surface area contributed by atoms with E-state index in [1.807, 2.05) is 25.3 Å². The molecule has 0 amide bonds. The summed E-state index contributed by atoms with van der Waals surface area (Å²) < 4.78 is 27.2. The molecule has 2 rings (SSSR count). The van der Waals surface area contributed by atoms with Crippen LogP contribution >= 0.6 is 11.8 Å². The van der Waals surface area contributed by atoms with Crippen molar-refractivity contribution in [3.8, 4) is 0 Å². The van der Waals surface area contributed by atoms with Crippen LogP contribution in [0.15, 0.2) is 35.2 Å². The number of sulfonamides is 1. The molecule has 0 spiro atoms. The van der Waals surface area contributed by atoms with Crippen molar-refractivity contribution in [2.45, 2.75) is 17.1 Å². The second-order valence-electron chi connectivity index (χ2n) is 4.70. The van der Waals surface area contributed by atoms with Gasteiger partial charge in [-0.3, -0.25) is 0 Å². The Kier molecular flexibility index (Phi) is 5.08. The van der Waals surface area contributed by atoms with Gasteiger partial charge in [0.25, 0.3) is 0 Å². The van der Waals surface area contributed by atoms with Gasteiger partial charge >= 0.3 is 0 Å². The third-order valence-corrected chi connectivity index (χ3v) is 5.58. The highest BCUT2D eigenvalue weighted by atomic mass is 32.2. The van der Waals surface area contributed by atoms with E-state index in [2.05, 4.69) is 15.0 Å². The molecule has 7 heteroatoms. The van der Waals surface area contributed by atoms with Gasteiger partial charge in [-0.1, -0.05) is 6.92 Å². The first-order chi connectivity index (χ1) is 9.96. The monoisotopic (exact) mass is 325 g/mol. The number of nitrogens with one attached hydrogen (secondary N) is 2. The number of thioether (sulfide) groups is 1. The molecule has 0 radical (unpaired) electrons. The fourth-order valence-corrected chi connectivity index (χ4v) is 3.32. The molecule has 2 aromatic rings. The molecular weight excluding hydrogens is 306 g/mol. The van der Waals surface area contributed by atoms with Gasteiger partial charge in [0.1, 0.15) is 5.82 Å². The SMILES string of the molecule is CNc1ccc2cc(S(=O)(=O)NCC(C)SC)ccc2n1. The molecule has 0 aliphatic heterocycles. The van der Waals surface area contributed by atoms with Crippen molar-refractivity contribution in [3.05, 3.63) is 30.3 Å². The van der Waals surface area contributed by atoms with Crippen molar-refractivity contribution < 1.29 is 8.42 Å². The van der Waals surface area contributed by atoms with Crippen LogP contribution in [0.4, 0.5) is 5.82 Å². The van der Waals surface area contributed by atoms with Crippen LogP contribution in [0.25, 0.3) is 10.9 Å². The first-order valence-electron chi connectivity index (χ1n) is 6.57. The third-order valence-electron chi connectivity index (χ3n) is 3.19. The highest BCUT2D eigenvalue weighted by molar-refractivity contribution is 7.99. The number of aromatic nitrogens is 1. The number of pyridine rings is 1. The lowest BCUT2D eigenvalue weighted by Crippen LogP contribution is -2.29. The Morgan fingerprint density at radius 1 is 1.29 bits per heavy atom. The summed E-state index contributed by atoms with van der Waals surface area (Å²) >= 11 is 1.62. The summed E-state index contributed by atoms with van der Waals surface area (Å²) in [7, 11) is -1.68. The normalized spacial score (nSPS) is 13.3. The molecule has 1 atom stereocenters. The highest BCUT2D eigenvalue weighted by Gasteiger charge is 2.15. The van der Waals surface area contributed by atoms with Gasteiger partial charge in [0.05, 0.1) is 10.4 Å². The van der Waals surface area contributed by atoms with Crippen LogP contribution in [0, 0.1) is 0 Å². The molecule has 1 aromatic heterocycles. The molecule has 1 heterocycles. The predicted molar refractivity (Wildman–Crippen MR) is 89.5 cm³/mol. The maximum atomic E-state index is 12.3. The van der Waals surface area contributed by atoms with Gasteiger partial charge < -0.3 is 5.32 Å². The first kappa shape index (κ1) is 16.1. The predicted octanol–water partition coefficient (Wildman–Crippen LogP) is 2.31. The van der Waals surface area contributed by atoms with Crippen LogP contribution in [-0.4, -0.2) is 38.5 Å². The summed E-state index contributed by atoms with van der Waals surface area (Å²) in [5.74, 6) is 0.755. The van der Waals surface area contributed by atoms with Gasteiger partial charge in [0.2, 0.25) is 10.0 Å². The summed E-state index contributed by atoms with van der Waals surface area (Å²) in [6.45, 7) is 2.40. The van der Waals surface area contributed by atoms with Gasteiger partial charge in [-0.25, -0.2) is 18.1 Å². The Morgan fingerprint density at radius 3 is 2.71 bits per heavy atom. The fraction of sp³-hybridized carbons (Fsp3) is 0.357. The summed E-state index contributed by atoms with van der Waals surface area (Å²) in [6, 6.07) is 8.64. The molecule has 114 valence electrons. The van der Waals surface area contributed by atoms with Crippen molar-refractivity contribution in [1.82, 2.24) is 9.71 Å². The van der Waals surface area contributed by atoms with Crippen LogP contribution in [0.5, 0.6) is 0 Å². The zero-order valence-electron chi connectivity index (χ0n) is 12.3. The minimum absolute atomic E-state index is 0.236. The molecule has 0 saturated heterocycles. The standard InChI is InChI=1S/C14H19N3O2S2/c1-10(20-3)9-16-21(18,19)12-5-6-13-11(8-12)4-7-14(15-2)17-13/h4-8,10,16H,9H2,1-3H3,(H,15,17). The number of benzene rings is 1. The van der Waals surface area contributed by atoms with Crippen LogP contribution in [0.3, 0.4) is 0 Å². The fourth-order valence-electron chi connectivity index (χ4n) is 1.80. The van der Waals surface area contributed by atoms with Gasteiger partial charge in [0, 0.05) is 24.2 Å². The number of rotatable bonds is 6. The van der Waals surface area contributed by atoms with E-state index in [1.165, 1.54) is 0 Å². The van der Waals surface area contributed by atoms with Gasteiger partial charge in [-0.2, -0.15) is 11.8 Å². The molecule has 0 aliphatic rings. The molecule has 1 aromatic carbocycles. The zero-order chi connectivity index (χ0) is 15.5. The van der Waals surface area contributed by atoms with Gasteiger partial charge in [0.15, 0.2) is 0 Å². The summed E-state index contributed by atoms with van der Waals surface area (Å²) in [4.78, 5) is 4.64. The second kappa shape index (κ2) is 6.64. The summed E-state index contributed by atoms with van der Waals surface area (Å²) in [5, 5.41) is 4.00. The molecule has 0 aliphatic carbocycles. The van der Waals surface area contributed by atoms with Crippen molar-refractivity contribution in [1.29, 1.82) is 0 Å². The van der Waals surface area contributed by atoms with Crippen molar-refractivity contribution in [2.75, 3.05) is 25.2 Å². The van der Waals surface area contributed by atoms with E-state index in [4.69, 9.17) is 0 Å². The Morgan fingerprint density at radius 2 is 2.05 bits per heavy atom. The van der Waals surface area contributed by atoms with Crippen molar-refractivity contribution in [2.24, 2.45) is 0 Å². The van der Waals surface area contributed by atoms with Crippen molar-refractivity contribution in [3.63, 3.8) is 0 Å². The average Bonchev–Trinajstić information content (AvgIpc) is 2.51. The van der Waals surface area contributed by atoms with E-state index in [-0.39, 0.29) is 10.1 Å². The van der Waals surface area contributed by atoms with E-state index >= 15 is 0 Å². The van der Waals surface area contributed by atoms with E-state index < -0.39 is 10.0 Å². The van der Waals surface area contributed by atoms with E-state index in [1.54, 1.807) is 37.0 Å². The molecular formula is C14H19N3O2S2. The van der Waals surface area contributed by atoms with Crippen molar-refractivity contribution >= 4 is 38.5 Å². The molecule has 2 N–H and O–H groups in total. The van der Waals surface area contributed by atoms with Crippen LogP contribution in [-0.2, 0) is 10.0 Å². The Labute approximate surface area is 129 Å². The maximum Gasteiger partial charge on any atom is 0.240 e. The number of nitrogens with zero attached hydrogens (tertiary/aromatic N) is 1. The Hall–Kier alpha value is -1.31. The molecule has 21 heavy (non-hydrogen) atoms. The lowest BCUT2D eigenvalue weighted by atomic mass is 10.2. The van der Waals surface area contributed by atoms with Gasteiger partial charge in [-0.15, -0.1) is 0 Å². The maximum absolute atomic E-state index is 12.3. The third kappa shape index (κ3) is 3.87. The summed E-state index contributed by atoms with van der Waals surface area (Å²) in [6.07, 6.45) is 1.96. The number of hydrogen-bond acceptors (Lipinski definition) is 5. The second-order valence-corrected chi connectivity index (χ2v) is 7.74. The van der Waals surface area contributed by atoms with E-state index in [0.29, 0.717) is 6.54 Å². The lowest BCUT2D eigenvalue weighted by Gasteiger charge is -2.11. The number of anilines is 1. The molecule has 0 fully saturated rings. The summed E-state index contributed by atoms with van der Waals surface area (Å²) in [5.41, 5.74) is 0.762. The zero-order valence-corrected chi connectivity index (χ0v) is 13.9. The minimum Gasteiger partial charge on any atom is -0.373 e. The van der Waals surface area contributed by atoms with Gasteiger partial charge in [-0.05, 0) is 36.6 Å². The topological polar surface area (TPSA) is 71.1 Å². The van der Waals surface area contributed by atoms with E-state index in [9.17, 15) is 8.42 Å². The smallest absolute Gasteiger partial charge is 0.240 e. The Balaban J connectivity index is 2.29. The van der Waals surface area contributed by atoms with Crippen LogP contribution < -0.4 is 10.0 Å². The first-order valence-corrected chi connectivity index (χ1v) is 9.34. The minimum atomic E-state index is -3.48. The average molecular weight is 325 g/mol. The van der Waals surface area contributed by atoms with E-state index in [0.717, 1.165) is 16.7 Å². The highest BCUT2D eigenvalue weighted by Crippen LogP contribution is 2.19. The molecule has 1 unspecified atom stereocenters. The largest absolute Gasteiger partial charge is 0.373 e. The Bertz CT molecular complexity index is 732. The number of fused-ring (bicyclic) bond motifs is 1. The number of hydrogen-bond donors (Lipinski definition) is 2.